The van der Waals surface area contributed by atoms with Crippen LogP contribution < -0.4 is 5.32 Å². The molecule has 0 aliphatic carbocycles. The Morgan fingerprint density at radius 2 is 2.14 bits per heavy atom. The lowest BCUT2D eigenvalue weighted by Gasteiger charge is -1.99. The van der Waals surface area contributed by atoms with E-state index in [4.69, 9.17) is 4.52 Å². The zero-order valence-corrected chi connectivity index (χ0v) is 11.2. The highest BCUT2D eigenvalue weighted by molar-refractivity contribution is 5.90. The average Bonchev–Trinajstić information content (AvgIpc) is 3.14. The highest BCUT2D eigenvalue weighted by Gasteiger charge is 2.13. The second-order valence-electron chi connectivity index (χ2n) is 4.27. The van der Waals surface area contributed by atoms with E-state index in [1.807, 2.05) is 29.9 Å². The molecule has 21 heavy (non-hydrogen) atoms. The van der Waals surface area contributed by atoms with Crippen molar-refractivity contribution in [3.8, 4) is 11.5 Å². The van der Waals surface area contributed by atoms with Crippen molar-refractivity contribution in [2.45, 2.75) is 6.54 Å². The molecule has 0 saturated carbocycles. The molecule has 0 unspecified atom stereocenters. The SMILES string of the molecule is Cn1cccc1-c1noc(CNC(=O)c2ncccn2)n1. The van der Waals surface area contributed by atoms with Crippen molar-refractivity contribution in [1.82, 2.24) is 30.0 Å². The molecule has 0 radical (unpaired) electrons. The molecule has 1 N–H and O–H groups in total. The monoisotopic (exact) mass is 284 g/mol. The zero-order valence-electron chi connectivity index (χ0n) is 11.2. The van der Waals surface area contributed by atoms with Gasteiger partial charge in [-0.3, -0.25) is 4.79 Å². The Morgan fingerprint density at radius 1 is 1.33 bits per heavy atom. The van der Waals surface area contributed by atoms with Crippen LogP contribution in [0, 0.1) is 0 Å². The zero-order chi connectivity index (χ0) is 14.7. The normalized spacial score (nSPS) is 10.5. The van der Waals surface area contributed by atoms with E-state index in [9.17, 15) is 4.79 Å². The maximum Gasteiger partial charge on any atom is 0.289 e. The van der Waals surface area contributed by atoms with Gasteiger partial charge in [0.2, 0.25) is 17.5 Å². The smallest absolute Gasteiger partial charge is 0.289 e. The van der Waals surface area contributed by atoms with Gasteiger partial charge in [0, 0.05) is 25.6 Å². The molecule has 0 saturated heterocycles. The summed E-state index contributed by atoms with van der Waals surface area (Å²) in [6.07, 6.45) is 4.89. The number of nitrogens with zero attached hydrogens (tertiary/aromatic N) is 5. The first-order valence-electron chi connectivity index (χ1n) is 6.23. The minimum absolute atomic E-state index is 0.0969. The van der Waals surface area contributed by atoms with Gasteiger partial charge in [-0.15, -0.1) is 0 Å². The molecule has 3 aromatic heterocycles. The predicted octanol–water partition coefficient (Wildman–Crippen LogP) is 0.795. The summed E-state index contributed by atoms with van der Waals surface area (Å²) in [5.41, 5.74) is 0.836. The molecule has 0 bridgehead atoms. The van der Waals surface area contributed by atoms with Gasteiger partial charge in [0.05, 0.1) is 12.2 Å². The number of carbonyl (C=O) groups excluding carboxylic acids is 1. The Balaban J connectivity index is 1.66. The fraction of sp³-hybridized carbons (Fsp3) is 0.154. The summed E-state index contributed by atoms with van der Waals surface area (Å²) < 4.78 is 6.98. The topological polar surface area (TPSA) is 98.7 Å². The molecule has 106 valence electrons. The van der Waals surface area contributed by atoms with Crippen LogP contribution in [0.1, 0.15) is 16.5 Å². The quantitative estimate of drug-likeness (QED) is 0.760. The number of amides is 1. The fourth-order valence-electron chi connectivity index (χ4n) is 1.78. The summed E-state index contributed by atoms with van der Waals surface area (Å²) in [7, 11) is 1.89. The number of aryl methyl sites for hydroxylation is 1. The van der Waals surface area contributed by atoms with Crippen LogP contribution in [0.3, 0.4) is 0 Å². The molecule has 0 fully saturated rings. The van der Waals surface area contributed by atoms with E-state index in [0.717, 1.165) is 5.69 Å². The molecule has 0 atom stereocenters. The van der Waals surface area contributed by atoms with Gasteiger partial charge in [-0.05, 0) is 18.2 Å². The molecule has 3 heterocycles. The number of carbonyl (C=O) groups is 1. The summed E-state index contributed by atoms with van der Waals surface area (Å²) in [4.78, 5) is 23.7. The summed E-state index contributed by atoms with van der Waals surface area (Å²) in [6, 6.07) is 5.41. The largest absolute Gasteiger partial charge is 0.348 e. The fourth-order valence-corrected chi connectivity index (χ4v) is 1.78. The van der Waals surface area contributed by atoms with E-state index >= 15 is 0 Å². The summed E-state index contributed by atoms with van der Waals surface area (Å²) in [5, 5.41) is 6.50. The first kappa shape index (κ1) is 13.0. The molecule has 8 heteroatoms. The van der Waals surface area contributed by atoms with Gasteiger partial charge in [-0.2, -0.15) is 4.98 Å². The van der Waals surface area contributed by atoms with E-state index in [0.29, 0.717) is 11.7 Å². The van der Waals surface area contributed by atoms with Crippen LogP contribution in [0.15, 0.2) is 41.3 Å². The Hall–Kier alpha value is -3.03. The Kier molecular flexibility index (Phi) is 3.42. The van der Waals surface area contributed by atoms with E-state index < -0.39 is 5.91 Å². The van der Waals surface area contributed by atoms with Crippen LogP contribution in [0.2, 0.25) is 0 Å². The lowest BCUT2D eigenvalue weighted by molar-refractivity contribution is 0.0935. The van der Waals surface area contributed by atoms with Crippen molar-refractivity contribution in [2.24, 2.45) is 7.05 Å². The summed E-state index contributed by atoms with van der Waals surface area (Å²) in [5.74, 6) is 0.493. The summed E-state index contributed by atoms with van der Waals surface area (Å²) >= 11 is 0. The van der Waals surface area contributed by atoms with E-state index in [2.05, 4.69) is 25.4 Å². The predicted molar refractivity (Wildman–Crippen MR) is 71.9 cm³/mol. The highest BCUT2D eigenvalue weighted by Crippen LogP contribution is 2.15. The van der Waals surface area contributed by atoms with Crippen LogP contribution in [-0.2, 0) is 13.6 Å². The maximum absolute atomic E-state index is 11.8. The van der Waals surface area contributed by atoms with Crippen LogP contribution >= 0.6 is 0 Å². The van der Waals surface area contributed by atoms with Gasteiger partial charge in [0.25, 0.3) is 5.91 Å². The van der Waals surface area contributed by atoms with Gasteiger partial charge in [0.1, 0.15) is 0 Å². The number of hydrogen-bond donors (Lipinski definition) is 1. The van der Waals surface area contributed by atoms with Crippen molar-refractivity contribution in [3.63, 3.8) is 0 Å². The minimum Gasteiger partial charge on any atom is -0.348 e. The van der Waals surface area contributed by atoms with Gasteiger partial charge < -0.3 is 14.4 Å². The van der Waals surface area contributed by atoms with Gasteiger partial charge in [-0.1, -0.05) is 5.16 Å². The number of rotatable bonds is 4. The molecular formula is C13H12N6O2. The number of hydrogen-bond acceptors (Lipinski definition) is 6. The molecule has 0 aliphatic rings. The lowest BCUT2D eigenvalue weighted by Crippen LogP contribution is -2.24. The molecular weight excluding hydrogens is 272 g/mol. The summed E-state index contributed by atoms with van der Waals surface area (Å²) in [6.45, 7) is 0.120. The first-order valence-corrected chi connectivity index (χ1v) is 6.23. The Bertz CT molecular complexity index is 749. The van der Waals surface area contributed by atoms with Crippen molar-refractivity contribution in [1.29, 1.82) is 0 Å². The molecule has 3 aromatic rings. The standard InChI is InChI=1S/C13H12N6O2/c1-19-7-2-4-9(19)11-17-10(21-18-11)8-16-13(20)12-14-5-3-6-15-12/h2-7H,8H2,1H3,(H,16,20). The van der Waals surface area contributed by atoms with Crippen LogP contribution in [-0.4, -0.2) is 30.6 Å². The first-order chi connectivity index (χ1) is 10.2. The third-order valence-electron chi connectivity index (χ3n) is 2.81. The van der Waals surface area contributed by atoms with E-state index in [-0.39, 0.29) is 12.4 Å². The second-order valence-corrected chi connectivity index (χ2v) is 4.27. The number of aromatic nitrogens is 5. The molecule has 3 rings (SSSR count). The van der Waals surface area contributed by atoms with Crippen molar-refractivity contribution in [3.05, 3.63) is 48.5 Å². The van der Waals surface area contributed by atoms with Gasteiger partial charge >= 0.3 is 0 Å². The van der Waals surface area contributed by atoms with Crippen molar-refractivity contribution < 1.29 is 9.32 Å². The second kappa shape index (κ2) is 5.53. The van der Waals surface area contributed by atoms with Gasteiger partial charge in [0.15, 0.2) is 0 Å². The molecule has 1 amide bonds. The number of nitrogens with one attached hydrogen (secondary N) is 1. The molecule has 0 aromatic carbocycles. The molecule has 0 aliphatic heterocycles. The van der Waals surface area contributed by atoms with E-state index in [1.54, 1.807) is 6.07 Å². The maximum atomic E-state index is 11.8. The molecule has 0 spiro atoms. The van der Waals surface area contributed by atoms with Crippen LogP contribution in [0.5, 0.6) is 0 Å². The molecule has 8 nitrogen and oxygen atoms in total. The Morgan fingerprint density at radius 3 is 2.86 bits per heavy atom. The van der Waals surface area contributed by atoms with Crippen molar-refractivity contribution in [2.75, 3.05) is 0 Å². The van der Waals surface area contributed by atoms with Crippen LogP contribution in [0.25, 0.3) is 11.5 Å². The third kappa shape index (κ3) is 2.78. The van der Waals surface area contributed by atoms with E-state index in [1.165, 1.54) is 12.4 Å². The average molecular weight is 284 g/mol. The Labute approximate surface area is 119 Å². The minimum atomic E-state index is -0.394. The van der Waals surface area contributed by atoms with Crippen molar-refractivity contribution >= 4 is 5.91 Å². The lowest BCUT2D eigenvalue weighted by atomic mass is 10.4. The van der Waals surface area contributed by atoms with Gasteiger partial charge in [-0.25, -0.2) is 9.97 Å². The highest BCUT2D eigenvalue weighted by atomic mass is 16.5. The van der Waals surface area contributed by atoms with Crippen LogP contribution in [0.4, 0.5) is 0 Å². The third-order valence-corrected chi connectivity index (χ3v) is 2.81.